The van der Waals surface area contributed by atoms with Gasteiger partial charge in [-0.3, -0.25) is 4.79 Å². The molecule has 21 heavy (non-hydrogen) atoms. The molecule has 0 aliphatic heterocycles. The minimum absolute atomic E-state index is 0.153. The standard InChI is InChI=1S/C15H14F2N2O2/c1-2-21-14-10(4-3-5-12(14)18)15(20)19-13-8-9(16)6-7-11(13)17/h3-8H,2,18H2,1H3,(H,19,20). The molecule has 0 unspecified atom stereocenters. The first kappa shape index (κ1) is 14.8. The van der Waals surface area contributed by atoms with Crippen molar-refractivity contribution in [1.82, 2.24) is 0 Å². The molecule has 3 N–H and O–H groups in total. The van der Waals surface area contributed by atoms with Gasteiger partial charge in [0.1, 0.15) is 11.6 Å². The van der Waals surface area contributed by atoms with Crippen molar-refractivity contribution < 1.29 is 18.3 Å². The molecule has 0 aliphatic carbocycles. The van der Waals surface area contributed by atoms with E-state index in [0.717, 1.165) is 18.2 Å². The van der Waals surface area contributed by atoms with Crippen LogP contribution in [0, 0.1) is 11.6 Å². The van der Waals surface area contributed by atoms with Crippen molar-refractivity contribution in [1.29, 1.82) is 0 Å². The first-order valence-corrected chi connectivity index (χ1v) is 6.30. The molecular formula is C15H14F2N2O2. The van der Waals surface area contributed by atoms with Crippen LogP contribution in [0.5, 0.6) is 5.75 Å². The molecular weight excluding hydrogens is 278 g/mol. The first-order valence-electron chi connectivity index (χ1n) is 6.30. The lowest BCUT2D eigenvalue weighted by atomic mass is 10.1. The lowest BCUT2D eigenvalue weighted by molar-refractivity contribution is 0.102. The number of benzene rings is 2. The van der Waals surface area contributed by atoms with E-state index >= 15 is 0 Å². The highest BCUT2D eigenvalue weighted by molar-refractivity contribution is 6.07. The van der Waals surface area contributed by atoms with E-state index in [1.807, 2.05) is 0 Å². The highest BCUT2D eigenvalue weighted by atomic mass is 19.1. The van der Waals surface area contributed by atoms with Gasteiger partial charge in [-0.15, -0.1) is 0 Å². The van der Waals surface area contributed by atoms with E-state index in [1.165, 1.54) is 6.07 Å². The number of nitrogens with one attached hydrogen (secondary N) is 1. The Kier molecular flexibility index (Phi) is 4.37. The zero-order chi connectivity index (χ0) is 15.4. The summed E-state index contributed by atoms with van der Waals surface area (Å²) in [6.45, 7) is 2.07. The minimum atomic E-state index is -0.730. The number of nitrogens with two attached hydrogens (primary N) is 1. The molecule has 110 valence electrons. The summed E-state index contributed by atoms with van der Waals surface area (Å²) in [6.07, 6.45) is 0. The van der Waals surface area contributed by atoms with Gasteiger partial charge in [-0.05, 0) is 31.2 Å². The molecule has 4 nitrogen and oxygen atoms in total. The summed E-state index contributed by atoms with van der Waals surface area (Å²) in [7, 11) is 0. The Labute approximate surface area is 120 Å². The summed E-state index contributed by atoms with van der Waals surface area (Å²) in [6, 6.07) is 7.47. The van der Waals surface area contributed by atoms with Crippen LogP contribution in [-0.2, 0) is 0 Å². The van der Waals surface area contributed by atoms with Crippen molar-refractivity contribution in [2.24, 2.45) is 0 Å². The second kappa shape index (κ2) is 6.21. The summed E-state index contributed by atoms with van der Waals surface area (Å²) < 4.78 is 32.0. The van der Waals surface area contributed by atoms with E-state index in [-0.39, 0.29) is 17.0 Å². The van der Waals surface area contributed by atoms with Crippen LogP contribution in [0.2, 0.25) is 0 Å². The van der Waals surface area contributed by atoms with Gasteiger partial charge in [0, 0.05) is 6.07 Å². The monoisotopic (exact) mass is 292 g/mol. The Morgan fingerprint density at radius 2 is 2.05 bits per heavy atom. The number of carbonyl (C=O) groups excluding carboxylic acids is 1. The molecule has 2 rings (SSSR count). The summed E-state index contributed by atoms with van der Waals surface area (Å²) >= 11 is 0. The molecule has 1 amide bonds. The van der Waals surface area contributed by atoms with Crippen LogP contribution in [0.4, 0.5) is 20.2 Å². The van der Waals surface area contributed by atoms with E-state index < -0.39 is 17.5 Å². The number of para-hydroxylation sites is 1. The largest absolute Gasteiger partial charge is 0.491 e. The van der Waals surface area contributed by atoms with Gasteiger partial charge in [0.25, 0.3) is 5.91 Å². The smallest absolute Gasteiger partial charge is 0.259 e. The van der Waals surface area contributed by atoms with Crippen molar-refractivity contribution in [3.63, 3.8) is 0 Å². The molecule has 0 fully saturated rings. The Bertz CT molecular complexity index is 675. The fourth-order valence-electron chi connectivity index (χ4n) is 1.82. The highest BCUT2D eigenvalue weighted by Gasteiger charge is 2.16. The Morgan fingerprint density at radius 3 is 2.76 bits per heavy atom. The molecule has 0 bridgehead atoms. The van der Waals surface area contributed by atoms with Gasteiger partial charge in [-0.2, -0.15) is 0 Å². The second-order valence-corrected chi connectivity index (χ2v) is 4.24. The first-order chi connectivity index (χ1) is 10.0. The minimum Gasteiger partial charge on any atom is -0.491 e. The van der Waals surface area contributed by atoms with Crippen LogP contribution in [-0.4, -0.2) is 12.5 Å². The number of hydrogen-bond donors (Lipinski definition) is 2. The van der Waals surface area contributed by atoms with Gasteiger partial charge in [0.05, 0.1) is 23.5 Å². The van der Waals surface area contributed by atoms with Gasteiger partial charge in [-0.25, -0.2) is 8.78 Å². The third kappa shape index (κ3) is 3.28. The predicted octanol–water partition coefficient (Wildman–Crippen LogP) is 3.20. The molecule has 6 heteroatoms. The van der Waals surface area contributed by atoms with Gasteiger partial charge in [0.2, 0.25) is 0 Å². The second-order valence-electron chi connectivity index (χ2n) is 4.24. The number of hydrogen-bond acceptors (Lipinski definition) is 3. The number of nitrogen functional groups attached to an aromatic ring is 1. The fraction of sp³-hybridized carbons (Fsp3) is 0.133. The van der Waals surface area contributed by atoms with Gasteiger partial charge >= 0.3 is 0 Å². The Balaban J connectivity index is 2.32. The number of amides is 1. The molecule has 0 radical (unpaired) electrons. The average molecular weight is 292 g/mol. The maximum atomic E-state index is 13.5. The maximum Gasteiger partial charge on any atom is 0.259 e. The van der Waals surface area contributed by atoms with Crippen LogP contribution < -0.4 is 15.8 Å². The van der Waals surface area contributed by atoms with Crippen molar-refractivity contribution >= 4 is 17.3 Å². The SMILES string of the molecule is CCOc1c(N)cccc1C(=O)Nc1cc(F)ccc1F. The number of halogens is 2. The third-order valence-electron chi connectivity index (χ3n) is 2.76. The van der Waals surface area contributed by atoms with Crippen LogP contribution in [0.15, 0.2) is 36.4 Å². The summed E-state index contributed by atoms with van der Waals surface area (Å²) in [5.41, 5.74) is 5.96. The van der Waals surface area contributed by atoms with E-state index in [1.54, 1.807) is 19.1 Å². The average Bonchev–Trinajstić information content (AvgIpc) is 2.45. The fourth-order valence-corrected chi connectivity index (χ4v) is 1.82. The molecule has 0 aromatic heterocycles. The van der Waals surface area contributed by atoms with E-state index in [4.69, 9.17) is 10.5 Å². The topological polar surface area (TPSA) is 64.3 Å². The van der Waals surface area contributed by atoms with Gasteiger partial charge in [0.15, 0.2) is 5.75 Å². The molecule has 2 aromatic carbocycles. The number of carbonyl (C=O) groups is 1. The van der Waals surface area contributed by atoms with E-state index in [0.29, 0.717) is 12.3 Å². The van der Waals surface area contributed by atoms with Crippen LogP contribution >= 0.6 is 0 Å². The molecule has 0 saturated heterocycles. The number of anilines is 2. The van der Waals surface area contributed by atoms with Crippen molar-refractivity contribution in [2.45, 2.75) is 6.92 Å². The summed E-state index contributed by atoms with van der Waals surface area (Å²) in [5, 5.41) is 2.30. The maximum absolute atomic E-state index is 13.5. The van der Waals surface area contributed by atoms with Crippen molar-refractivity contribution in [3.05, 3.63) is 53.6 Å². The molecule has 0 heterocycles. The molecule has 2 aromatic rings. The predicted molar refractivity (Wildman–Crippen MR) is 76.3 cm³/mol. The lowest BCUT2D eigenvalue weighted by Crippen LogP contribution is -2.15. The normalized spacial score (nSPS) is 10.2. The van der Waals surface area contributed by atoms with Crippen LogP contribution in [0.3, 0.4) is 0 Å². The Hall–Kier alpha value is -2.63. The highest BCUT2D eigenvalue weighted by Crippen LogP contribution is 2.27. The van der Waals surface area contributed by atoms with Gasteiger partial charge in [-0.1, -0.05) is 6.07 Å². The van der Waals surface area contributed by atoms with Crippen molar-refractivity contribution in [2.75, 3.05) is 17.7 Å². The molecule has 0 saturated carbocycles. The summed E-state index contributed by atoms with van der Waals surface area (Å²) in [4.78, 5) is 12.2. The summed E-state index contributed by atoms with van der Waals surface area (Å²) in [5.74, 6) is -1.79. The van der Waals surface area contributed by atoms with Crippen molar-refractivity contribution in [3.8, 4) is 5.75 Å². The zero-order valence-corrected chi connectivity index (χ0v) is 11.3. The zero-order valence-electron chi connectivity index (χ0n) is 11.3. The molecule has 0 atom stereocenters. The lowest BCUT2D eigenvalue weighted by Gasteiger charge is -2.13. The quantitative estimate of drug-likeness (QED) is 0.851. The van der Waals surface area contributed by atoms with Crippen LogP contribution in [0.1, 0.15) is 17.3 Å². The molecule has 0 aliphatic rings. The van der Waals surface area contributed by atoms with E-state index in [9.17, 15) is 13.6 Å². The van der Waals surface area contributed by atoms with Gasteiger partial charge < -0.3 is 15.8 Å². The third-order valence-corrected chi connectivity index (χ3v) is 2.76. The molecule has 0 spiro atoms. The number of ether oxygens (including phenoxy) is 1. The Morgan fingerprint density at radius 1 is 1.29 bits per heavy atom. The van der Waals surface area contributed by atoms with Crippen LogP contribution in [0.25, 0.3) is 0 Å². The number of rotatable bonds is 4. The van der Waals surface area contributed by atoms with E-state index in [2.05, 4.69) is 5.32 Å².